The number of pyridine rings is 1. The maximum Gasteiger partial charge on any atom is 0.255 e. The summed E-state index contributed by atoms with van der Waals surface area (Å²) in [6.45, 7) is 5.20. The molecule has 4 atom stereocenters. The summed E-state index contributed by atoms with van der Waals surface area (Å²) in [5, 5.41) is 18.4. The molecule has 40 heavy (non-hydrogen) atoms. The average Bonchev–Trinajstić information content (AvgIpc) is 3.34. The van der Waals surface area contributed by atoms with E-state index < -0.39 is 47.9 Å². The van der Waals surface area contributed by atoms with E-state index in [9.17, 15) is 24.3 Å². The minimum absolute atomic E-state index is 0.0171. The predicted octanol–water partition coefficient (Wildman–Crippen LogP) is 0.487. The van der Waals surface area contributed by atoms with Gasteiger partial charge in [-0.1, -0.05) is 13.8 Å². The Kier molecular flexibility index (Phi) is 8.88. The second-order valence-corrected chi connectivity index (χ2v) is 10.3. The Hall–Kier alpha value is -4.19. The molecule has 2 aliphatic rings. The third kappa shape index (κ3) is 6.33. The number of fused-ring (bicyclic) bond motifs is 2. The Bertz CT molecular complexity index is 1270. The molecule has 3 heterocycles. The van der Waals surface area contributed by atoms with Crippen LogP contribution in [0.25, 0.3) is 11.3 Å². The molecule has 0 aliphatic carbocycles. The molecule has 4 amide bonds. The van der Waals surface area contributed by atoms with Crippen molar-refractivity contribution in [2.75, 3.05) is 26.8 Å². The van der Waals surface area contributed by atoms with Crippen LogP contribution < -0.4 is 25.4 Å². The Balaban J connectivity index is 1.67. The molecule has 4 rings (SSSR count). The van der Waals surface area contributed by atoms with E-state index in [0.29, 0.717) is 17.0 Å². The zero-order valence-electron chi connectivity index (χ0n) is 23.0. The van der Waals surface area contributed by atoms with Crippen LogP contribution in [0.3, 0.4) is 0 Å². The van der Waals surface area contributed by atoms with E-state index in [1.165, 1.54) is 11.8 Å². The molecule has 1 aromatic carbocycles. The molecule has 12 nitrogen and oxygen atoms in total. The number of hydrogen-bond acceptors (Lipinski definition) is 8. The van der Waals surface area contributed by atoms with Crippen LogP contribution in [0.4, 0.5) is 0 Å². The van der Waals surface area contributed by atoms with Gasteiger partial charge in [-0.15, -0.1) is 0 Å². The summed E-state index contributed by atoms with van der Waals surface area (Å²) in [5.74, 6) is -1.48. The van der Waals surface area contributed by atoms with E-state index in [0.717, 1.165) is 0 Å². The van der Waals surface area contributed by atoms with E-state index in [2.05, 4.69) is 20.9 Å². The number of rotatable bonds is 3. The minimum Gasteiger partial charge on any atom is -0.495 e. The first-order valence-corrected chi connectivity index (χ1v) is 13.2. The molecule has 12 heteroatoms. The van der Waals surface area contributed by atoms with Gasteiger partial charge in [0.1, 0.15) is 36.2 Å². The van der Waals surface area contributed by atoms with Gasteiger partial charge in [-0.05, 0) is 43.2 Å². The highest BCUT2D eigenvalue weighted by Crippen LogP contribution is 2.27. The fraction of sp³-hybridized carbons (Fsp3) is 0.464. The van der Waals surface area contributed by atoms with Gasteiger partial charge in [0.25, 0.3) is 5.91 Å². The first-order valence-electron chi connectivity index (χ1n) is 13.2. The first-order chi connectivity index (χ1) is 19.1. The van der Waals surface area contributed by atoms with Crippen molar-refractivity contribution in [1.29, 1.82) is 0 Å². The lowest BCUT2D eigenvalue weighted by atomic mass is 10.0. The van der Waals surface area contributed by atoms with Gasteiger partial charge in [0.05, 0.1) is 37.2 Å². The van der Waals surface area contributed by atoms with Gasteiger partial charge in [-0.3, -0.25) is 24.2 Å². The van der Waals surface area contributed by atoms with Gasteiger partial charge in [0.2, 0.25) is 17.7 Å². The molecule has 2 aliphatic heterocycles. The molecule has 1 saturated heterocycles. The molecule has 1 fully saturated rings. The van der Waals surface area contributed by atoms with E-state index >= 15 is 0 Å². The fourth-order valence-electron chi connectivity index (χ4n) is 4.79. The minimum atomic E-state index is -0.984. The predicted molar refractivity (Wildman–Crippen MR) is 145 cm³/mol. The van der Waals surface area contributed by atoms with Crippen LogP contribution in [0, 0.1) is 5.92 Å². The van der Waals surface area contributed by atoms with Crippen molar-refractivity contribution in [1.82, 2.24) is 25.8 Å². The third-order valence-corrected chi connectivity index (χ3v) is 6.98. The van der Waals surface area contributed by atoms with E-state index in [4.69, 9.17) is 9.47 Å². The van der Waals surface area contributed by atoms with Gasteiger partial charge in [0, 0.05) is 18.5 Å². The monoisotopic (exact) mass is 553 g/mol. The molecule has 214 valence electrons. The SMILES string of the molecule is COc1ccc(-c2ccc3c(c2)C(=O)N[C@@H](C(C)C)C(=O)N[C@H](C)C(=O)N2C[C@@H](O)C[C@H]2C(=O)NCCO3)nc1. The Labute approximate surface area is 232 Å². The molecule has 1 aromatic heterocycles. The van der Waals surface area contributed by atoms with Crippen LogP contribution >= 0.6 is 0 Å². The maximum atomic E-state index is 13.5. The highest BCUT2D eigenvalue weighted by atomic mass is 16.5. The summed E-state index contributed by atoms with van der Waals surface area (Å²) >= 11 is 0. The fourth-order valence-corrected chi connectivity index (χ4v) is 4.79. The topological polar surface area (TPSA) is 159 Å². The Morgan fingerprint density at radius 2 is 1.88 bits per heavy atom. The standard InChI is InChI=1S/C28H35N5O7/c1-15(2)24-27(37)31-16(3)28(38)33-14-18(34)12-22(33)26(36)29-9-10-40-23-8-5-17(11-20(23)25(35)32-24)21-7-6-19(39-4)13-30-21/h5-8,11,13,15-16,18,22,24,34H,9-10,12,14H2,1-4H3,(H,29,36)(H,31,37)(H,32,35)/t16-,18+,22+,24+/m1/s1. The Morgan fingerprint density at radius 1 is 1.10 bits per heavy atom. The average molecular weight is 554 g/mol. The van der Waals surface area contributed by atoms with E-state index in [-0.39, 0.29) is 43.3 Å². The van der Waals surface area contributed by atoms with Crippen LogP contribution in [0.2, 0.25) is 0 Å². The third-order valence-electron chi connectivity index (χ3n) is 6.98. The van der Waals surface area contributed by atoms with Crippen molar-refractivity contribution in [3.63, 3.8) is 0 Å². The van der Waals surface area contributed by atoms with Gasteiger partial charge < -0.3 is 35.4 Å². The molecule has 0 unspecified atom stereocenters. The number of nitrogens with zero attached hydrogens (tertiary/aromatic N) is 2. The number of aliphatic hydroxyl groups excluding tert-OH is 1. The van der Waals surface area contributed by atoms with Crippen LogP contribution in [-0.2, 0) is 14.4 Å². The van der Waals surface area contributed by atoms with Crippen molar-refractivity contribution in [2.45, 2.75) is 51.4 Å². The van der Waals surface area contributed by atoms with Gasteiger partial charge in [-0.25, -0.2) is 0 Å². The molecule has 0 spiro atoms. The Morgan fingerprint density at radius 3 is 2.55 bits per heavy atom. The summed E-state index contributed by atoms with van der Waals surface area (Å²) < 4.78 is 11.1. The number of benzene rings is 1. The maximum absolute atomic E-state index is 13.5. The number of aromatic nitrogens is 1. The summed E-state index contributed by atoms with van der Waals surface area (Å²) in [5.41, 5.74) is 1.43. The van der Waals surface area contributed by atoms with Crippen molar-refractivity contribution in [3.8, 4) is 22.8 Å². The second-order valence-electron chi connectivity index (χ2n) is 10.3. The normalized spacial score (nSPS) is 24.4. The molecule has 0 saturated carbocycles. The largest absolute Gasteiger partial charge is 0.495 e. The molecular formula is C28H35N5O7. The summed E-state index contributed by atoms with van der Waals surface area (Å²) in [6, 6.07) is 5.72. The molecular weight excluding hydrogens is 518 g/mol. The first kappa shape index (κ1) is 28.8. The van der Waals surface area contributed by atoms with Crippen molar-refractivity contribution in [2.24, 2.45) is 5.92 Å². The van der Waals surface area contributed by atoms with Crippen molar-refractivity contribution < 1.29 is 33.8 Å². The lowest BCUT2D eigenvalue weighted by molar-refractivity contribution is -0.141. The number of aliphatic hydroxyl groups is 1. The molecule has 2 aromatic rings. The number of amides is 4. The lowest BCUT2D eigenvalue weighted by Crippen LogP contribution is -2.57. The zero-order chi connectivity index (χ0) is 29.0. The van der Waals surface area contributed by atoms with Gasteiger partial charge in [0.15, 0.2) is 0 Å². The van der Waals surface area contributed by atoms with Gasteiger partial charge in [-0.2, -0.15) is 0 Å². The summed E-state index contributed by atoms with van der Waals surface area (Å²) in [6.07, 6.45) is 0.803. The summed E-state index contributed by atoms with van der Waals surface area (Å²) in [4.78, 5) is 58.5. The zero-order valence-corrected chi connectivity index (χ0v) is 23.0. The number of methoxy groups -OCH3 is 1. The van der Waals surface area contributed by atoms with Crippen molar-refractivity contribution >= 4 is 23.6 Å². The van der Waals surface area contributed by atoms with E-state index in [1.54, 1.807) is 57.5 Å². The van der Waals surface area contributed by atoms with Crippen LogP contribution in [-0.4, -0.2) is 89.7 Å². The number of ether oxygens (including phenoxy) is 2. The molecule has 0 bridgehead atoms. The van der Waals surface area contributed by atoms with Crippen LogP contribution in [0.15, 0.2) is 36.5 Å². The highest BCUT2D eigenvalue weighted by Gasteiger charge is 2.41. The van der Waals surface area contributed by atoms with E-state index in [1.807, 2.05) is 0 Å². The smallest absolute Gasteiger partial charge is 0.255 e. The van der Waals surface area contributed by atoms with Crippen LogP contribution in [0.1, 0.15) is 37.6 Å². The van der Waals surface area contributed by atoms with Crippen LogP contribution in [0.5, 0.6) is 11.5 Å². The quantitative estimate of drug-likeness (QED) is 0.427. The number of carbonyl (C=O) groups excluding carboxylic acids is 4. The second kappa shape index (κ2) is 12.3. The van der Waals surface area contributed by atoms with Crippen molar-refractivity contribution in [3.05, 3.63) is 42.1 Å². The number of carbonyl (C=O) groups is 4. The molecule has 0 radical (unpaired) electrons. The van der Waals surface area contributed by atoms with Gasteiger partial charge >= 0.3 is 0 Å². The highest BCUT2D eigenvalue weighted by molar-refractivity contribution is 6.01. The molecule has 4 N–H and O–H groups in total. The summed E-state index contributed by atoms with van der Waals surface area (Å²) in [7, 11) is 1.54. The number of hydrogen-bond donors (Lipinski definition) is 4. The number of nitrogens with one attached hydrogen (secondary N) is 3. The lowest BCUT2D eigenvalue weighted by Gasteiger charge is -2.29.